The van der Waals surface area contributed by atoms with Gasteiger partial charge in [0.1, 0.15) is 17.7 Å². The van der Waals surface area contributed by atoms with Crippen molar-refractivity contribution < 1.29 is 18.3 Å². The molecule has 0 heterocycles. The topological polar surface area (TPSA) is 64.3 Å². The molecule has 1 atom stereocenters. The molecule has 1 unspecified atom stereocenters. The van der Waals surface area contributed by atoms with Crippen LogP contribution in [0.3, 0.4) is 0 Å². The maximum absolute atomic E-state index is 13.3. The average molecular weight is 309 g/mol. The molecule has 7 heteroatoms. The lowest BCUT2D eigenvalue weighted by Crippen LogP contribution is -2.36. The predicted octanol–water partition coefficient (Wildman–Crippen LogP) is 1.64. The van der Waals surface area contributed by atoms with Gasteiger partial charge in [0.05, 0.1) is 10.2 Å². The molecule has 3 N–H and O–H groups in total. The van der Waals surface area contributed by atoms with Gasteiger partial charge in [-0.05, 0) is 22.0 Å². The second-order valence-corrected chi connectivity index (χ2v) is 4.05. The summed E-state index contributed by atoms with van der Waals surface area (Å²) in [6.07, 6.45) is -0.877. The highest BCUT2D eigenvalue weighted by atomic mass is 79.9. The second kappa shape index (κ2) is 6.04. The number of nitrogens with one attached hydrogen (secondary N) is 1. The Morgan fingerprint density at radius 2 is 2.18 bits per heavy atom. The first-order chi connectivity index (χ1) is 7.99. The summed E-state index contributed by atoms with van der Waals surface area (Å²) < 4.78 is 31.1. The zero-order chi connectivity index (χ0) is 13.0. The van der Waals surface area contributed by atoms with Gasteiger partial charge in [-0.15, -0.1) is 0 Å². The van der Waals surface area contributed by atoms with E-state index in [-0.39, 0.29) is 16.7 Å². The van der Waals surface area contributed by atoms with Crippen LogP contribution in [0.5, 0.6) is 0 Å². The third-order valence-corrected chi connectivity index (χ3v) is 2.67. The Balaban J connectivity index is 2.88. The summed E-state index contributed by atoms with van der Waals surface area (Å²) in [7, 11) is 1.31. The third kappa shape index (κ3) is 3.45. The third-order valence-electron chi connectivity index (χ3n) is 2.06. The van der Waals surface area contributed by atoms with Crippen molar-refractivity contribution >= 4 is 27.5 Å². The Labute approximate surface area is 105 Å². The minimum atomic E-state index is -0.877. The molecule has 4 nitrogen and oxygen atoms in total. The minimum Gasteiger partial charge on any atom is -0.370 e. The van der Waals surface area contributed by atoms with Crippen molar-refractivity contribution in [2.24, 2.45) is 5.73 Å². The molecule has 0 spiro atoms. The summed E-state index contributed by atoms with van der Waals surface area (Å²) in [6, 6.07) is 1.80. The van der Waals surface area contributed by atoms with Gasteiger partial charge in [-0.2, -0.15) is 0 Å². The first kappa shape index (κ1) is 14.0. The number of anilines is 1. The van der Waals surface area contributed by atoms with Gasteiger partial charge in [-0.25, -0.2) is 8.78 Å². The van der Waals surface area contributed by atoms with Gasteiger partial charge in [-0.3, -0.25) is 4.79 Å². The van der Waals surface area contributed by atoms with Crippen LogP contribution in [0.15, 0.2) is 16.6 Å². The number of carbonyl (C=O) groups is 1. The van der Waals surface area contributed by atoms with Gasteiger partial charge in [0.25, 0.3) is 5.91 Å². The summed E-state index contributed by atoms with van der Waals surface area (Å²) in [5, 5.41) is 2.26. The van der Waals surface area contributed by atoms with E-state index in [1.165, 1.54) is 7.11 Å². The molecule has 0 radical (unpaired) electrons. The van der Waals surface area contributed by atoms with E-state index in [4.69, 9.17) is 10.5 Å². The molecule has 94 valence electrons. The summed E-state index contributed by atoms with van der Waals surface area (Å²) in [5.41, 5.74) is 5.14. The van der Waals surface area contributed by atoms with Crippen LogP contribution in [-0.2, 0) is 9.53 Å². The number of hydrogen-bond acceptors (Lipinski definition) is 3. The number of hydrogen-bond donors (Lipinski definition) is 2. The van der Waals surface area contributed by atoms with Crippen LogP contribution < -0.4 is 11.1 Å². The molecule has 1 rings (SSSR count). The molecule has 0 aliphatic rings. The van der Waals surface area contributed by atoms with Gasteiger partial charge >= 0.3 is 0 Å². The van der Waals surface area contributed by atoms with Crippen LogP contribution in [-0.4, -0.2) is 25.7 Å². The number of benzene rings is 1. The summed E-state index contributed by atoms with van der Waals surface area (Å²) in [6.45, 7) is -0.0354. The molecular formula is C10H11BrF2N2O2. The number of halogens is 3. The van der Waals surface area contributed by atoms with E-state index < -0.39 is 23.6 Å². The molecule has 0 aliphatic heterocycles. The molecule has 0 saturated carbocycles. The van der Waals surface area contributed by atoms with Gasteiger partial charge in [0.15, 0.2) is 0 Å². The molecule has 0 bridgehead atoms. The molecule has 1 aromatic carbocycles. The van der Waals surface area contributed by atoms with Crippen LogP contribution in [0.25, 0.3) is 0 Å². The number of methoxy groups -OCH3 is 1. The van der Waals surface area contributed by atoms with Gasteiger partial charge < -0.3 is 15.8 Å². The zero-order valence-corrected chi connectivity index (χ0v) is 10.6. The van der Waals surface area contributed by atoms with Crippen molar-refractivity contribution in [2.45, 2.75) is 6.10 Å². The van der Waals surface area contributed by atoms with Crippen molar-refractivity contribution in [3.8, 4) is 0 Å². The monoisotopic (exact) mass is 308 g/mol. The largest absolute Gasteiger partial charge is 0.370 e. The molecule has 0 aliphatic carbocycles. The molecule has 1 aromatic rings. The van der Waals surface area contributed by atoms with E-state index >= 15 is 0 Å². The summed E-state index contributed by atoms with van der Waals surface area (Å²) in [5.74, 6) is -2.21. The maximum atomic E-state index is 13.3. The Kier molecular flexibility index (Phi) is 4.98. The number of ether oxygens (including phenoxy) is 1. The van der Waals surface area contributed by atoms with Crippen LogP contribution in [0.4, 0.5) is 14.5 Å². The molecule has 17 heavy (non-hydrogen) atoms. The van der Waals surface area contributed by atoms with E-state index in [0.717, 1.165) is 6.07 Å². The van der Waals surface area contributed by atoms with Crippen LogP contribution in [0.1, 0.15) is 0 Å². The van der Waals surface area contributed by atoms with Crippen molar-refractivity contribution in [3.05, 3.63) is 28.2 Å². The van der Waals surface area contributed by atoms with Gasteiger partial charge in [0.2, 0.25) is 0 Å². The smallest absolute Gasteiger partial charge is 0.254 e. The first-order valence-electron chi connectivity index (χ1n) is 4.67. The highest BCUT2D eigenvalue weighted by molar-refractivity contribution is 9.10. The normalized spacial score (nSPS) is 12.3. The molecule has 0 saturated heterocycles. The fourth-order valence-electron chi connectivity index (χ4n) is 1.14. The summed E-state index contributed by atoms with van der Waals surface area (Å²) in [4.78, 5) is 11.5. The zero-order valence-electron chi connectivity index (χ0n) is 8.97. The SMILES string of the molecule is COC(CN)C(=O)Nc1cc(Br)c(F)cc1F. The van der Waals surface area contributed by atoms with Crippen molar-refractivity contribution in [1.29, 1.82) is 0 Å². The van der Waals surface area contributed by atoms with Gasteiger partial charge in [-0.1, -0.05) is 0 Å². The highest BCUT2D eigenvalue weighted by Gasteiger charge is 2.18. The van der Waals surface area contributed by atoms with E-state index in [2.05, 4.69) is 21.2 Å². The number of amides is 1. The Morgan fingerprint density at radius 1 is 1.53 bits per heavy atom. The Hall–Kier alpha value is -1.05. The minimum absolute atomic E-state index is 0.0354. The number of nitrogens with two attached hydrogens (primary N) is 1. The summed E-state index contributed by atoms with van der Waals surface area (Å²) >= 11 is 2.89. The molecule has 0 aromatic heterocycles. The van der Waals surface area contributed by atoms with Crippen molar-refractivity contribution in [3.63, 3.8) is 0 Å². The lowest BCUT2D eigenvalue weighted by atomic mass is 10.2. The van der Waals surface area contributed by atoms with Crippen LogP contribution in [0.2, 0.25) is 0 Å². The van der Waals surface area contributed by atoms with Crippen LogP contribution in [0, 0.1) is 11.6 Å². The number of rotatable bonds is 4. The van der Waals surface area contributed by atoms with Crippen LogP contribution >= 0.6 is 15.9 Å². The Bertz CT molecular complexity index is 425. The lowest BCUT2D eigenvalue weighted by molar-refractivity contribution is -0.125. The highest BCUT2D eigenvalue weighted by Crippen LogP contribution is 2.23. The van der Waals surface area contributed by atoms with Gasteiger partial charge in [0, 0.05) is 19.7 Å². The number of carbonyl (C=O) groups excluding carboxylic acids is 1. The van der Waals surface area contributed by atoms with Crippen molar-refractivity contribution in [1.82, 2.24) is 0 Å². The molecular weight excluding hydrogens is 298 g/mol. The van der Waals surface area contributed by atoms with E-state index in [1.807, 2.05) is 0 Å². The van der Waals surface area contributed by atoms with E-state index in [9.17, 15) is 13.6 Å². The molecule has 0 fully saturated rings. The fraction of sp³-hybridized carbons (Fsp3) is 0.300. The standard InChI is InChI=1S/C10H11BrF2N2O2/c1-17-9(4-14)10(16)15-8-2-5(11)6(12)3-7(8)13/h2-3,9H,4,14H2,1H3,(H,15,16). The Morgan fingerprint density at radius 3 is 2.71 bits per heavy atom. The first-order valence-corrected chi connectivity index (χ1v) is 5.47. The lowest BCUT2D eigenvalue weighted by Gasteiger charge is -2.13. The average Bonchev–Trinajstić information content (AvgIpc) is 2.27. The quantitative estimate of drug-likeness (QED) is 0.831. The van der Waals surface area contributed by atoms with Crippen molar-refractivity contribution in [2.75, 3.05) is 19.0 Å². The fourth-order valence-corrected chi connectivity index (χ4v) is 1.49. The van der Waals surface area contributed by atoms with E-state index in [0.29, 0.717) is 6.07 Å². The molecule has 1 amide bonds. The maximum Gasteiger partial charge on any atom is 0.254 e. The second-order valence-electron chi connectivity index (χ2n) is 3.20. The van der Waals surface area contributed by atoms with E-state index in [1.54, 1.807) is 0 Å². The predicted molar refractivity (Wildman–Crippen MR) is 62.5 cm³/mol.